The van der Waals surface area contributed by atoms with Crippen molar-refractivity contribution in [1.82, 2.24) is 10.6 Å². The predicted molar refractivity (Wildman–Crippen MR) is 72.5 cm³/mol. The summed E-state index contributed by atoms with van der Waals surface area (Å²) in [5, 5.41) is 3.36. The summed E-state index contributed by atoms with van der Waals surface area (Å²) in [5.41, 5.74) is 0. The third-order valence-electron chi connectivity index (χ3n) is 1.89. The number of thioether (sulfide) groups is 1. The molecule has 110 valence electrons. The first kappa shape index (κ1) is 16.8. The number of rotatable bonds is 4. The SMILES string of the molecule is O=C(CSc1ccc(Br)cc1)NC(=O)NCC(F)(F)F. The van der Waals surface area contributed by atoms with E-state index in [1.54, 1.807) is 29.6 Å². The van der Waals surface area contributed by atoms with E-state index in [1.807, 2.05) is 5.32 Å². The number of amides is 3. The molecule has 0 saturated carbocycles. The Morgan fingerprint density at radius 3 is 2.35 bits per heavy atom. The molecule has 0 atom stereocenters. The highest BCUT2D eigenvalue weighted by Crippen LogP contribution is 2.20. The fourth-order valence-corrected chi connectivity index (χ4v) is 2.03. The zero-order valence-electron chi connectivity index (χ0n) is 9.96. The van der Waals surface area contributed by atoms with Gasteiger partial charge in [0.1, 0.15) is 6.54 Å². The molecular formula is C11H10BrF3N2O2S. The van der Waals surface area contributed by atoms with Crippen LogP contribution in [-0.2, 0) is 4.79 Å². The minimum Gasteiger partial charge on any atom is -0.329 e. The molecule has 0 aliphatic heterocycles. The first-order valence-corrected chi connectivity index (χ1v) is 7.07. The molecule has 9 heteroatoms. The largest absolute Gasteiger partial charge is 0.405 e. The number of nitrogens with one attached hydrogen (secondary N) is 2. The topological polar surface area (TPSA) is 58.2 Å². The predicted octanol–water partition coefficient (Wildman–Crippen LogP) is 2.93. The molecule has 1 aromatic rings. The van der Waals surface area contributed by atoms with E-state index in [2.05, 4.69) is 15.9 Å². The fraction of sp³-hybridized carbons (Fsp3) is 0.273. The van der Waals surface area contributed by atoms with Gasteiger partial charge in [-0.3, -0.25) is 10.1 Å². The molecule has 0 fully saturated rings. The molecule has 1 aromatic carbocycles. The van der Waals surface area contributed by atoms with Crippen LogP contribution in [0.25, 0.3) is 0 Å². The van der Waals surface area contributed by atoms with E-state index < -0.39 is 24.7 Å². The molecule has 0 heterocycles. The van der Waals surface area contributed by atoms with Crippen LogP contribution in [0.4, 0.5) is 18.0 Å². The molecule has 0 bridgehead atoms. The molecule has 2 N–H and O–H groups in total. The van der Waals surface area contributed by atoms with Crippen molar-refractivity contribution in [3.8, 4) is 0 Å². The van der Waals surface area contributed by atoms with Crippen LogP contribution in [0.2, 0.25) is 0 Å². The van der Waals surface area contributed by atoms with Gasteiger partial charge in [-0.05, 0) is 24.3 Å². The van der Waals surface area contributed by atoms with E-state index in [0.717, 1.165) is 9.37 Å². The molecule has 0 aliphatic rings. The zero-order chi connectivity index (χ0) is 15.2. The van der Waals surface area contributed by atoms with Gasteiger partial charge in [0.05, 0.1) is 5.75 Å². The van der Waals surface area contributed by atoms with Gasteiger partial charge in [0, 0.05) is 9.37 Å². The minimum atomic E-state index is -4.51. The number of carbonyl (C=O) groups is 2. The smallest absolute Gasteiger partial charge is 0.329 e. The standard InChI is InChI=1S/C11H10BrF3N2O2S/c12-7-1-3-8(4-2-7)20-5-9(18)17-10(19)16-6-11(13,14)15/h1-4H,5-6H2,(H2,16,17,18,19). The summed E-state index contributed by atoms with van der Waals surface area (Å²) in [6.07, 6.45) is -4.51. The van der Waals surface area contributed by atoms with Crippen LogP contribution in [0, 0.1) is 0 Å². The normalized spacial score (nSPS) is 11.0. The van der Waals surface area contributed by atoms with Crippen LogP contribution in [0.3, 0.4) is 0 Å². The van der Waals surface area contributed by atoms with Crippen LogP contribution in [0.15, 0.2) is 33.6 Å². The first-order chi connectivity index (χ1) is 9.26. The molecule has 1 rings (SSSR count). The number of hydrogen-bond donors (Lipinski definition) is 2. The number of imide groups is 1. The lowest BCUT2D eigenvalue weighted by atomic mass is 10.4. The van der Waals surface area contributed by atoms with E-state index in [9.17, 15) is 22.8 Å². The second-order valence-corrected chi connectivity index (χ2v) is 5.55. The minimum absolute atomic E-state index is 0.0684. The van der Waals surface area contributed by atoms with Gasteiger partial charge < -0.3 is 5.32 Å². The van der Waals surface area contributed by atoms with Crippen molar-refractivity contribution in [2.45, 2.75) is 11.1 Å². The summed E-state index contributed by atoms with van der Waals surface area (Å²) in [5.74, 6) is -0.737. The average Bonchev–Trinajstić information content (AvgIpc) is 2.35. The van der Waals surface area contributed by atoms with Gasteiger partial charge in [-0.25, -0.2) is 4.79 Å². The third kappa shape index (κ3) is 7.39. The first-order valence-electron chi connectivity index (χ1n) is 5.29. The van der Waals surface area contributed by atoms with E-state index in [1.165, 1.54) is 11.8 Å². The highest BCUT2D eigenvalue weighted by molar-refractivity contribution is 9.10. The summed E-state index contributed by atoms with van der Waals surface area (Å²) < 4.78 is 36.3. The molecule has 0 radical (unpaired) electrons. The molecule has 0 spiro atoms. The van der Waals surface area contributed by atoms with Crippen LogP contribution in [0.1, 0.15) is 0 Å². The molecule has 20 heavy (non-hydrogen) atoms. The Balaban J connectivity index is 2.29. The number of halogens is 4. The summed E-state index contributed by atoms with van der Waals surface area (Å²) in [6.45, 7) is -1.48. The van der Waals surface area contributed by atoms with Crippen molar-refractivity contribution in [3.05, 3.63) is 28.7 Å². The number of hydrogen-bond acceptors (Lipinski definition) is 3. The van der Waals surface area contributed by atoms with Crippen LogP contribution in [-0.4, -0.2) is 30.4 Å². The van der Waals surface area contributed by atoms with Gasteiger partial charge in [-0.2, -0.15) is 13.2 Å². The summed E-state index contributed by atoms with van der Waals surface area (Å²) in [4.78, 5) is 23.1. The monoisotopic (exact) mass is 370 g/mol. The summed E-state index contributed by atoms with van der Waals surface area (Å²) in [7, 11) is 0. The lowest BCUT2D eigenvalue weighted by Gasteiger charge is -2.08. The molecule has 0 aliphatic carbocycles. The van der Waals surface area contributed by atoms with Gasteiger partial charge in [-0.1, -0.05) is 15.9 Å². The van der Waals surface area contributed by atoms with Crippen molar-refractivity contribution in [2.75, 3.05) is 12.3 Å². The van der Waals surface area contributed by atoms with Crippen molar-refractivity contribution >= 4 is 39.6 Å². The second-order valence-electron chi connectivity index (χ2n) is 3.59. The lowest BCUT2D eigenvalue weighted by molar-refractivity contribution is -0.124. The number of benzene rings is 1. The zero-order valence-corrected chi connectivity index (χ0v) is 12.4. The van der Waals surface area contributed by atoms with Crippen LogP contribution >= 0.6 is 27.7 Å². The van der Waals surface area contributed by atoms with Crippen molar-refractivity contribution < 1.29 is 22.8 Å². The molecule has 0 aromatic heterocycles. The molecular weight excluding hydrogens is 361 g/mol. The fourth-order valence-electron chi connectivity index (χ4n) is 1.07. The highest BCUT2D eigenvalue weighted by atomic mass is 79.9. The maximum Gasteiger partial charge on any atom is 0.405 e. The van der Waals surface area contributed by atoms with E-state index >= 15 is 0 Å². The van der Waals surface area contributed by atoms with Gasteiger partial charge in [0.25, 0.3) is 0 Å². The maximum atomic E-state index is 11.8. The van der Waals surface area contributed by atoms with Crippen molar-refractivity contribution in [3.63, 3.8) is 0 Å². The summed E-state index contributed by atoms with van der Waals surface area (Å²) >= 11 is 4.43. The van der Waals surface area contributed by atoms with E-state index in [4.69, 9.17) is 0 Å². The second kappa shape index (κ2) is 7.53. The van der Waals surface area contributed by atoms with Gasteiger partial charge >= 0.3 is 12.2 Å². The van der Waals surface area contributed by atoms with Gasteiger partial charge in [0.15, 0.2) is 0 Å². The number of carbonyl (C=O) groups excluding carboxylic acids is 2. The lowest BCUT2D eigenvalue weighted by Crippen LogP contribution is -2.43. The van der Waals surface area contributed by atoms with E-state index in [-0.39, 0.29) is 5.75 Å². The average molecular weight is 371 g/mol. The Kier molecular flexibility index (Phi) is 6.34. The summed E-state index contributed by atoms with van der Waals surface area (Å²) in [6, 6.07) is 5.95. The van der Waals surface area contributed by atoms with Crippen molar-refractivity contribution in [2.24, 2.45) is 0 Å². The van der Waals surface area contributed by atoms with Crippen LogP contribution < -0.4 is 10.6 Å². The van der Waals surface area contributed by atoms with Crippen LogP contribution in [0.5, 0.6) is 0 Å². The third-order valence-corrected chi connectivity index (χ3v) is 3.43. The Labute approximate surface area is 125 Å². The molecule has 0 unspecified atom stereocenters. The maximum absolute atomic E-state index is 11.8. The molecule has 4 nitrogen and oxygen atoms in total. The Morgan fingerprint density at radius 1 is 1.20 bits per heavy atom. The molecule has 0 saturated heterocycles. The van der Waals surface area contributed by atoms with Crippen molar-refractivity contribution in [1.29, 1.82) is 0 Å². The number of alkyl halides is 3. The molecule has 3 amide bonds. The van der Waals surface area contributed by atoms with Gasteiger partial charge in [0.2, 0.25) is 5.91 Å². The highest BCUT2D eigenvalue weighted by Gasteiger charge is 2.27. The van der Waals surface area contributed by atoms with Gasteiger partial charge in [-0.15, -0.1) is 11.8 Å². The van der Waals surface area contributed by atoms with E-state index in [0.29, 0.717) is 0 Å². The Hall–Kier alpha value is -1.22. The number of urea groups is 1. The Bertz CT molecular complexity index is 480. The quantitative estimate of drug-likeness (QED) is 0.801. The Morgan fingerprint density at radius 2 is 1.80 bits per heavy atom.